The molecule has 0 saturated heterocycles. The van der Waals surface area contributed by atoms with Gasteiger partial charge in [0.15, 0.2) is 0 Å². The van der Waals surface area contributed by atoms with Gasteiger partial charge in [-0.15, -0.1) is 0 Å². The summed E-state index contributed by atoms with van der Waals surface area (Å²) in [4.78, 5) is 0. The van der Waals surface area contributed by atoms with Crippen molar-refractivity contribution in [2.75, 3.05) is 0 Å². The van der Waals surface area contributed by atoms with E-state index in [-0.39, 0.29) is 12.3 Å². The molecular formula is C12H13F2N. The minimum Gasteiger partial charge on any atom is -0.210 e. The van der Waals surface area contributed by atoms with Crippen molar-refractivity contribution in [1.82, 2.24) is 0 Å². The molecule has 1 unspecified atom stereocenters. The van der Waals surface area contributed by atoms with E-state index in [1.54, 1.807) is 25.1 Å². The summed E-state index contributed by atoms with van der Waals surface area (Å²) in [6.45, 7) is 3.65. The number of hydrogen-bond acceptors (Lipinski definition) is 1. The van der Waals surface area contributed by atoms with E-state index in [0.29, 0.717) is 5.56 Å². The summed E-state index contributed by atoms with van der Waals surface area (Å²) in [5, 5.41) is 8.76. The normalized spacial score (nSPS) is 12.5. The predicted octanol–water partition coefficient (Wildman–Crippen LogP) is 3.43. The van der Waals surface area contributed by atoms with Crippen LogP contribution in [0.1, 0.15) is 29.5 Å². The van der Waals surface area contributed by atoms with Gasteiger partial charge >= 0.3 is 0 Å². The Labute approximate surface area is 88.3 Å². The first-order chi connectivity index (χ1) is 7.04. The molecule has 0 aliphatic carbocycles. The molecular weight excluding hydrogens is 196 g/mol. The van der Waals surface area contributed by atoms with Crippen LogP contribution in [0.25, 0.3) is 0 Å². The zero-order valence-corrected chi connectivity index (χ0v) is 8.80. The molecule has 0 radical (unpaired) electrons. The largest absolute Gasteiger partial charge is 0.242 e. The number of aryl methyl sites for hydroxylation is 1. The Morgan fingerprint density at radius 3 is 2.53 bits per heavy atom. The first-order valence-electron chi connectivity index (χ1n) is 4.81. The van der Waals surface area contributed by atoms with E-state index in [1.807, 2.05) is 6.92 Å². The number of nitriles is 1. The Morgan fingerprint density at radius 1 is 1.40 bits per heavy atom. The molecule has 0 N–H and O–H groups in total. The zero-order chi connectivity index (χ0) is 11.4. The van der Waals surface area contributed by atoms with Crippen molar-refractivity contribution in [3.05, 3.63) is 34.9 Å². The van der Waals surface area contributed by atoms with Gasteiger partial charge in [-0.3, -0.25) is 0 Å². The number of benzene rings is 1. The van der Waals surface area contributed by atoms with Crippen LogP contribution in [0.2, 0.25) is 0 Å². The molecule has 15 heavy (non-hydrogen) atoms. The molecule has 80 valence electrons. The van der Waals surface area contributed by atoms with E-state index >= 15 is 0 Å². The molecule has 0 heterocycles. The average Bonchev–Trinajstić information content (AvgIpc) is 2.16. The lowest BCUT2D eigenvalue weighted by Gasteiger charge is -2.09. The summed E-state index contributed by atoms with van der Waals surface area (Å²) in [6.07, 6.45) is -2.54. The van der Waals surface area contributed by atoms with E-state index in [2.05, 4.69) is 6.07 Å². The molecule has 0 bridgehead atoms. The van der Waals surface area contributed by atoms with Crippen molar-refractivity contribution in [2.45, 2.75) is 32.6 Å². The Morgan fingerprint density at radius 2 is 2.07 bits per heavy atom. The molecule has 1 atom stereocenters. The molecule has 0 saturated carbocycles. The van der Waals surface area contributed by atoms with Crippen molar-refractivity contribution < 1.29 is 8.78 Å². The quantitative estimate of drug-likeness (QED) is 0.748. The standard InChI is InChI=1S/C12H13F2N/c1-8-5-10(6-12(13)14)3-4-11(8)9(2)7-15/h3-5,9,12H,6H2,1-2H3. The van der Waals surface area contributed by atoms with Crippen LogP contribution in [0, 0.1) is 18.3 Å². The van der Waals surface area contributed by atoms with Gasteiger partial charge in [0, 0.05) is 6.42 Å². The van der Waals surface area contributed by atoms with Crippen LogP contribution in [0.15, 0.2) is 18.2 Å². The lowest BCUT2D eigenvalue weighted by atomic mass is 9.95. The maximum absolute atomic E-state index is 12.1. The highest BCUT2D eigenvalue weighted by Gasteiger charge is 2.09. The number of nitrogens with zero attached hydrogens (tertiary/aromatic N) is 1. The van der Waals surface area contributed by atoms with Crippen molar-refractivity contribution in [1.29, 1.82) is 5.26 Å². The smallest absolute Gasteiger partial charge is 0.210 e. The first-order valence-corrected chi connectivity index (χ1v) is 4.81. The summed E-state index contributed by atoms with van der Waals surface area (Å²) >= 11 is 0. The topological polar surface area (TPSA) is 23.8 Å². The van der Waals surface area contributed by atoms with Crippen LogP contribution in [0.4, 0.5) is 8.78 Å². The Balaban J connectivity index is 2.94. The maximum Gasteiger partial charge on any atom is 0.242 e. The van der Waals surface area contributed by atoms with Gasteiger partial charge in [-0.1, -0.05) is 18.2 Å². The maximum atomic E-state index is 12.1. The SMILES string of the molecule is Cc1cc(CC(F)F)ccc1C(C)C#N. The fourth-order valence-corrected chi connectivity index (χ4v) is 1.60. The van der Waals surface area contributed by atoms with E-state index in [9.17, 15) is 8.78 Å². The lowest BCUT2D eigenvalue weighted by molar-refractivity contribution is 0.149. The molecule has 1 aromatic carbocycles. The molecule has 1 nitrogen and oxygen atoms in total. The third-order valence-electron chi connectivity index (χ3n) is 2.38. The van der Waals surface area contributed by atoms with E-state index in [1.165, 1.54) is 0 Å². The predicted molar refractivity (Wildman–Crippen MR) is 54.9 cm³/mol. The summed E-state index contributed by atoms with van der Waals surface area (Å²) in [5.74, 6) is -0.189. The molecule has 0 aliphatic rings. The highest BCUT2D eigenvalue weighted by atomic mass is 19.3. The third-order valence-corrected chi connectivity index (χ3v) is 2.38. The highest BCUT2D eigenvalue weighted by Crippen LogP contribution is 2.21. The van der Waals surface area contributed by atoms with Crippen molar-refractivity contribution in [3.63, 3.8) is 0 Å². The second-order valence-electron chi connectivity index (χ2n) is 3.64. The third kappa shape index (κ3) is 3.02. The molecule has 0 aliphatic heterocycles. The minimum absolute atomic E-state index is 0.189. The van der Waals surface area contributed by atoms with Crippen LogP contribution in [-0.4, -0.2) is 6.43 Å². The van der Waals surface area contributed by atoms with Crippen LogP contribution >= 0.6 is 0 Å². The zero-order valence-electron chi connectivity index (χ0n) is 8.80. The van der Waals surface area contributed by atoms with Crippen molar-refractivity contribution in [3.8, 4) is 6.07 Å². The van der Waals surface area contributed by atoms with E-state index < -0.39 is 6.43 Å². The van der Waals surface area contributed by atoms with E-state index in [4.69, 9.17) is 5.26 Å². The van der Waals surface area contributed by atoms with Gasteiger partial charge in [-0.2, -0.15) is 5.26 Å². The first kappa shape index (κ1) is 11.6. The highest BCUT2D eigenvalue weighted by molar-refractivity contribution is 5.35. The second-order valence-corrected chi connectivity index (χ2v) is 3.64. The number of alkyl halides is 2. The van der Waals surface area contributed by atoms with Gasteiger partial charge in [0.2, 0.25) is 6.43 Å². The van der Waals surface area contributed by atoms with Gasteiger partial charge < -0.3 is 0 Å². The number of hydrogen-bond donors (Lipinski definition) is 0. The molecule has 1 rings (SSSR count). The molecule has 0 amide bonds. The molecule has 0 fully saturated rings. The van der Waals surface area contributed by atoms with E-state index in [0.717, 1.165) is 11.1 Å². The summed E-state index contributed by atoms with van der Waals surface area (Å²) in [5.41, 5.74) is 2.44. The van der Waals surface area contributed by atoms with Crippen LogP contribution in [-0.2, 0) is 6.42 Å². The van der Waals surface area contributed by atoms with Crippen molar-refractivity contribution in [2.24, 2.45) is 0 Å². The van der Waals surface area contributed by atoms with Gasteiger partial charge in [0.1, 0.15) is 0 Å². The summed E-state index contributed by atoms with van der Waals surface area (Å²) in [6, 6.07) is 7.30. The Kier molecular flexibility index (Phi) is 3.79. The van der Waals surface area contributed by atoms with Crippen LogP contribution in [0.3, 0.4) is 0 Å². The molecule has 3 heteroatoms. The van der Waals surface area contributed by atoms with Crippen LogP contribution in [0.5, 0.6) is 0 Å². The fourth-order valence-electron chi connectivity index (χ4n) is 1.60. The van der Waals surface area contributed by atoms with Crippen LogP contribution < -0.4 is 0 Å². The number of halogens is 2. The van der Waals surface area contributed by atoms with Gasteiger partial charge in [0.25, 0.3) is 0 Å². The van der Waals surface area contributed by atoms with Crippen molar-refractivity contribution >= 4 is 0 Å². The summed E-state index contributed by atoms with van der Waals surface area (Å²) in [7, 11) is 0. The number of rotatable bonds is 3. The molecule has 0 aromatic heterocycles. The second kappa shape index (κ2) is 4.88. The molecule has 1 aromatic rings. The lowest BCUT2D eigenvalue weighted by Crippen LogP contribution is -1.99. The fraction of sp³-hybridized carbons (Fsp3) is 0.417. The Bertz CT molecular complexity index is 380. The van der Waals surface area contributed by atoms with Gasteiger partial charge in [0.05, 0.1) is 12.0 Å². The monoisotopic (exact) mass is 209 g/mol. The molecule has 0 spiro atoms. The van der Waals surface area contributed by atoms with Gasteiger partial charge in [-0.25, -0.2) is 8.78 Å². The van der Waals surface area contributed by atoms with Gasteiger partial charge in [-0.05, 0) is 30.5 Å². The summed E-state index contributed by atoms with van der Waals surface area (Å²) < 4.78 is 24.3. The minimum atomic E-state index is -2.32. The average molecular weight is 209 g/mol. The Hall–Kier alpha value is -1.43.